The van der Waals surface area contributed by atoms with Crippen LogP contribution in [0.1, 0.15) is 71.1 Å². The minimum absolute atomic E-state index is 0.161. The fourth-order valence-electron chi connectivity index (χ4n) is 4.58. The lowest BCUT2D eigenvalue weighted by Gasteiger charge is -2.41. The number of methoxy groups -OCH3 is 1. The molecule has 0 radical (unpaired) electrons. The van der Waals surface area contributed by atoms with Gasteiger partial charge in [0, 0.05) is 13.2 Å². The molecule has 2 aliphatic rings. The fraction of sp³-hybridized carbons (Fsp3) is 0.842. The Kier molecular flexibility index (Phi) is 6.30. The lowest BCUT2D eigenvalue weighted by molar-refractivity contribution is -0.0200. The van der Waals surface area contributed by atoms with Gasteiger partial charge in [-0.05, 0) is 62.4 Å². The van der Waals surface area contributed by atoms with Crippen LogP contribution in [0.15, 0.2) is 12.2 Å². The highest BCUT2D eigenvalue weighted by Crippen LogP contribution is 2.44. The van der Waals surface area contributed by atoms with Crippen LogP contribution in [0.25, 0.3) is 0 Å². The van der Waals surface area contributed by atoms with Gasteiger partial charge >= 0.3 is 0 Å². The van der Waals surface area contributed by atoms with E-state index in [1.807, 2.05) is 6.08 Å². The molecule has 0 spiro atoms. The van der Waals surface area contributed by atoms with Gasteiger partial charge in [0.15, 0.2) is 0 Å². The van der Waals surface area contributed by atoms with E-state index in [4.69, 9.17) is 10.00 Å². The van der Waals surface area contributed by atoms with Crippen molar-refractivity contribution in [2.75, 3.05) is 7.11 Å². The number of nitriles is 1. The van der Waals surface area contributed by atoms with Gasteiger partial charge in [0.1, 0.15) is 0 Å². The number of hydrogen-bond acceptors (Lipinski definition) is 2. The van der Waals surface area contributed by atoms with Crippen LogP contribution in [0.5, 0.6) is 0 Å². The van der Waals surface area contributed by atoms with Gasteiger partial charge in [0.25, 0.3) is 0 Å². The predicted octanol–water partition coefficient (Wildman–Crippen LogP) is 5.25. The summed E-state index contributed by atoms with van der Waals surface area (Å²) in [4.78, 5) is 0. The van der Waals surface area contributed by atoms with E-state index in [1.165, 1.54) is 51.4 Å². The maximum absolute atomic E-state index is 8.74. The van der Waals surface area contributed by atoms with Crippen LogP contribution in [0, 0.1) is 29.1 Å². The Balaban J connectivity index is 1.82. The molecule has 0 saturated heterocycles. The number of rotatable bonds is 5. The molecule has 0 bridgehead atoms. The molecule has 2 heteroatoms. The van der Waals surface area contributed by atoms with E-state index in [9.17, 15) is 0 Å². The van der Waals surface area contributed by atoms with Gasteiger partial charge in [-0.1, -0.05) is 32.6 Å². The van der Waals surface area contributed by atoms with E-state index in [0.717, 1.165) is 30.6 Å². The Morgan fingerprint density at radius 1 is 1.10 bits per heavy atom. The van der Waals surface area contributed by atoms with Crippen molar-refractivity contribution >= 4 is 0 Å². The minimum atomic E-state index is -0.161. The molecule has 0 aliphatic heterocycles. The Labute approximate surface area is 130 Å². The van der Waals surface area contributed by atoms with Crippen molar-refractivity contribution in [1.82, 2.24) is 0 Å². The second-order valence-corrected chi connectivity index (χ2v) is 7.14. The number of allylic oxidation sites excluding steroid dienone is 1. The number of hydrogen-bond donors (Lipinski definition) is 0. The van der Waals surface area contributed by atoms with Crippen molar-refractivity contribution in [2.24, 2.45) is 17.8 Å². The molecule has 0 N–H and O–H groups in total. The maximum Gasteiger partial charge on any atom is 0.0909 e. The van der Waals surface area contributed by atoms with Crippen LogP contribution in [-0.4, -0.2) is 12.7 Å². The Bertz CT molecular complexity index is 366. The van der Waals surface area contributed by atoms with Crippen molar-refractivity contribution in [3.8, 4) is 6.07 Å². The number of nitrogens with zero attached hydrogens (tertiary/aromatic N) is 1. The minimum Gasteiger partial charge on any atom is -0.374 e. The van der Waals surface area contributed by atoms with Gasteiger partial charge in [-0.2, -0.15) is 5.26 Å². The molecule has 0 aromatic carbocycles. The summed E-state index contributed by atoms with van der Waals surface area (Å²) in [6, 6.07) is 2.10. The van der Waals surface area contributed by atoms with Crippen molar-refractivity contribution in [3.05, 3.63) is 12.2 Å². The molecule has 0 aromatic heterocycles. The molecular formula is C19H31NO. The molecule has 21 heavy (non-hydrogen) atoms. The lowest BCUT2D eigenvalue weighted by atomic mass is 9.67. The van der Waals surface area contributed by atoms with E-state index >= 15 is 0 Å². The first-order chi connectivity index (χ1) is 10.2. The normalized spacial score (nSPS) is 37.5. The van der Waals surface area contributed by atoms with Gasteiger partial charge in [-0.15, -0.1) is 0 Å². The van der Waals surface area contributed by atoms with Crippen LogP contribution in [0.4, 0.5) is 0 Å². The molecule has 0 unspecified atom stereocenters. The van der Waals surface area contributed by atoms with Crippen LogP contribution in [0.2, 0.25) is 0 Å². The Hall–Kier alpha value is -0.810. The standard InChI is InChI=1S/C19H31NO/c1-3-5-16-6-8-17(9-7-16)18-10-13-19(21-2,14-11-18)12-4-15-20/h4,12,16-18H,3,5-11,13-14H2,1-2H3/t16-,17-,18-,19+. The van der Waals surface area contributed by atoms with Crippen LogP contribution in [0.3, 0.4) is 0 Å². The third-order valence-electron chi connectivity index (χ3n) is 6.00. The molecule has 2 fully saturated rings. The summed E-state index contributed by atoms with van der Waals surface area (Å²) in [6.07, 6.45) is 16.9. The second-order valence-electron chi connectivity index (χ2n) is 7.14. The fourth-order valence-corrected chi connectivity index (χ4v) is 4.58. The van der Waals surface area contributed by atoms with Gasteiger partial charge in [0.2, 0.25) is 0 Å². The van der Waals surface area contributed by atoms with Gasteiger partial charge in [-0.25, -0.2) is 0 Å². The van der Waals surface area contributed by atoms with Gasteiger partial charge < -0.3 is 4.74 Å². The van der Waals surface area contributed by atoms with E-state index in [0.29, 0.717) is 0 Å². The topological polar surface area (TPSA) is 33.0 Å². The zero-order valence-electron chi connectivity index (χ0n) is 13.8. The van der Waals surface area contributed by atoms with E-state index in [1.54, 1.807) is 13.2 Å². The van der Waals surface area contributed by atoms with Crippen LogP contribution >= 0.6 is 0 Å². The molecule has 0 amide bonds. The monoisotopic (exact) mass is 289 g/mol. The Morgan fingerprint density at radius 2 is 1.71 bits per heavy atom. The molecule has 2 nitrogen and oxygen atoms in total. The van der Waals surface area contributed by atoms with Crippen LogP contribution < -0.4 is 0 Å². The smallest absolute Gasteiger partial charge is 0.0909 e. The van der Waals surface area contributed by atoms with Gasteiger partial charge in [0.05, 0.1) is 11.7 Å². The molecular weight excluding hydrogens is 258 g/mol. The number of ether oxygens (including phenoxy) is 1. The molecule has 2 aliphatic carbocycles. The summed E-state index contributed by atoms with van der Waals surface area (Å²) in [7, 11) is 1.79. The second kappa shape index (κ2) is 7.99. The van der Waals surface area contributed by atoms with Crippen molar-refractivity contribution in [1.29, 1.82) is 5.26 Å². The quantitative estimate of drug-likeness (QED) is 0.648. The Morgan fingerprint density at radius 3 is 2.24 bits per heavy atom. The maximum atomic E-state index is 8.74. The zero-order valence-corrected chi connectivity index (χ0v) is 13.8. The van der Waals surface area contributed by atoms with Crippen LogP contribution in [-0.2, 0) is 4.74 Å². The molecule has 0 aromatic rings. The molecule has 2 saturated carbocycles. The lowest BCUT2D eigenvalue weighted by Crippen LogP contribution is -2.36. The molecule has 0 heterocycles. The van der Waals surface area contributed by atoms with Crippen molar-refractivity contribution in [3.63, 3.8) is 0 Å². The average molecular weight is 289 g/mol. The molecule has 118 valence electrons. The molecule has 0 atom stereocenters. The molecule has 2 rings (SSSR count). The summed E-state index contributed by atoms with van der Waals surface area (Å²) in [5.41, 5.74) is -0.161. The third-order valence-corrected chi connectivity index (χ3v) is 6.00. The summed E-state index contributed by atoms with van der Waals surface area (Å²) >= 11 is 0. The van der Waals surface area contributed by atoms with Gasteiger partial charge in [-0.3, -0.25) is 0 Å². The van der Waals surface area contributed by atoms with Crippen molar-refractivity contribution < 1.29 is 4.74 Å². The van der Waals surface area contributed by atoms with E-state index < -0.39 is 0 Å². The highest BCUT2D eigenvalue weighted by molar-refractivity contribution is 5.12. The summed E-state index contributed by atoms with van der Waals surface area (Å²) in [6.45, 7) is 2.31. The van der Waals surface area contributed by atoms with Crippen molar-refractivity contribution in [2.45, 2.75) is 76.7 Å². The SMILES string of the molecule is CCC[C@H]1CC[C@H]([C@H]2CC[C@@](C=CC#N)(OC)CC2)CC1. The van der Waals surface area contributed by atoms with E-state index in [-0.39, 0.29) is 5.60 Å². The summed E-state index contributed by atoms with van der Waals surface area (Å²) in [5.74, 6) is 2.85. The highest BCUT2D eigenvalue weighted by Gasteiger charge is 2.36. The first kappa shape index (κ1) is 16.6. The first-order valence-corrected chi connectivity index (χ1v) is 8.85. The largest absolute Gasteiger partial charge is 0.374 e. The summed E-state index contributed by atoms with van der Waals surface area (Å²) in [5, 5.41) is 8.74. The third kappa shape index (κ3) is 4.33. The van der Waals surface area contributed by atoms with E-state index in [2.05, 4.69) is 13.0 Å². The zero-order chi connectivity index (χ0) is 15.1. The first-order valence-electron chi connectivity index (χ1n) is 8.85. The average Bonchev–Trinajstić information content (AvgIpc) is 2.55. The predicted molar refractivity (Wildman–Crippen MR) is 86.8 cm³/mol. The highest BCUT2D eigenvalue weighted by atomic mass is 16.5. The summed E-state index contributed by atoms with van der Waals surface area (Å²) < 4.78 is 5.73.